The summed E-state index contributed by atoms with van der Waals surface area (Å²) in [5, 5.41) is 0. The van der Waals surface area contributed by atoms with Gasteiger partial charge in [0.05, 0.1) is 0 Å². The molecule has 1 aliphatic rings. The maximum absolute atomic E-state index is 12.1. The molecule has 6 nitrogen and oxygen atoms in total. The lowest BCUT2D eigenvalue weighted by molar-refractivity contribution is 0.0186. The lowest BCUT2D eigenvalue weighted by atomic mass is 10.1. The third-order valence-electron chi connectivity index (χ3n) is 4.00. The van der Waals surface area contributed by atoms with Crippen molar-refractivity contribution in [2.75, 3.05) is 32.7 Å². The first-order chi connectivity index (χ1) is 11.8. The Labute approximate surface area is 150 Å². The van der Waals surface area contributed by atoms with E-state index in [0.717, 1.165) is 12.8 Å². The van der Waals surface area contributed by atoms with Gasteiger partial charge in [-0.25, -0.2) is 4.79 Å². The van der Waals surface area contributed by atoms with E-state index in [0.29, 0.717) is 38.7 Å². The van der Waals surface area contributed by atoms with Crippen LogP contribution >= 0.6 is 0 Å². The van der Waals surface area contributed by atoms with E-state index in [9.17, 15) is 4.79 Å². The third-order valence-corrected chi connectivity index (χ3v) is 4.00. The van der Waals surface area contributed by atoms with Gasteiger partial charge >= 0.3 is 6.09 Å². The van der Waals surface area contributed by atoms with Gasteiger partial charge in [0, 0.05) is 32.7 Å². The Balaban J connectivity index is 1.71. The molecule has 0 radical (unpaired) electrons. The van der Waals surface area contributed by atoms with E-state index in [2.05, 4.69) is 29.3 Å². The highest BCUT2D eigenvalue weighted by Gasteiger charge is 2.26. The van der Waals surface area contributed by atoms with Crippen molar-refractivity contribution in [2.45, 2.75) is 39.2 Å². The summed E-state index contributed by atoms with van der Waals surface area (Å²) in [6, 6.07) is 10.4. The number of nitrogens with two attached hydrogens (primary N) is 1. The zero-order valence-electron chi connectivity index (χ0n) is 15.6. The predicted molar refractivity (Wildman–Crippen MR) is 101 cm³/mol. The number of carbonyl (C=O) groups is 1. The molecule has 0 aliphatic carbocycles. The molecule has 138 valence electrons. The monoisotopic (exact) mass is 346 g/mol. The van der Waals surface area contributed by atoms with Gasteiger partial charge in [-0.15, -0.1) is 0 Å². The van der Waals surface area contributed by atoms with Gasteiger partial charge in [0.15, 0.2) is 5.96 Å². The van der Waals surface area contributed by atoms with Gasteiger partial charge in [-0.05, 0) is 39.2 Å². The number of benzene rings is 1. The fourth-order valence-electron chi connectivity index (χ4n) is 2.67. The summed E-state index contributed by atoms with van der Waals surface area (Å²) < 4.78 is 5.40. The minimum Gasteiger partial charge on any atom is -0.444 e. The van der Waals surface area contributed by atoms with Crippen molar-refractivity contribution in [1.82, 2.24) is 9.80 Å². The summed E-state index contributed by atoms with van der Waals surface area (Å²) in [5.74, 6) is 0.567. The minimum atomic E-state index is -0.465. The largest absolute Gasteiger partial charge is 0.444 e. The van der Waals surface area contributed by atoms with E-state index in [4.69, 9.17) is 10.5 Å². The minimum absolute atomic E-state index is 0.259. The standard InChI is InChI=1S/C19H30N4O2/c1-19(2,3)25-18(24)23-14-12-22(13-15-23)17(20)21-11-7-10-16-8-5-4-6-9-16/h4-6,8-9H,7,10-15H2,1-3H3,(H2,20,21). The number of aryl methyl sites for hydroxylation is 1. The van der Waals surface area contributed by atoms with Crippen molar-refractivity contribution >= 4 is 12.1 Å². The molecule has 1 aromatic carbocycles. The number of hydrogen-bond acceptors (Lipinski definition) is 3. The van der Waals surface area contributed by atoms with E-state index >= 15 is 0 Å². The van der Waals surface area contributed by atoms with Crippen LogP contribution in [0.5, 0.6) is 0 Å². The molecular weight excluding hydrogens is 316 g/mol. The van der Waals surface area contributed by atoms with E-state index in [1.807, 2.05) is 31.7 Å². The third kappa shape index (κ3) is 6.64. The molecule has 1 fully saturated rings. The van der Waals surface area contributed by atoms with Crippen LogP contribution in [0, 0.1) is 0 Å². The second-order valence-corrected chi connectivity index (χ2v) is 7.28. The Morgan fingerprint density at radius 1 is 1.12 bits per heavy atom. The molecule has 1 saturated heterocycles. The molecule has 1 aliphatic heterocycles. The highest BCUT2D eigenvalue weighted by atomic mass is 16.6. The number of carbonyl (C=O) groups excluding carboxylic acids is 1. The van der Waals surface area contributed by atoms with Crippen molar-refractivity contribution in [3.8, 4) is 0 Å². The van der Waals surface area contributed by atoms with Gasteiger partial charge in [-0.3, -0.25) is 4.99 Å². The van der Waals surface area contributed by atoms with Gasteiger partial charge in [0.1, 0.15) is 5.60 Å². The summed E-state index contributed by atoms with van der Waals surface area (Å²) in [5.41, 5.74) is 6.95. The maximum Gasteiger partial charge on any atom is 0.410 e. The molecule has 0 bridgehead atoms. The number of rotatable bonds is 4. The molecule has 1 amide bonds. The predicted octanol–water partition coefficient (Wildman–Crippen LogP) is 2.49. The summed E-state index contributed by atoms with van der Waals surface area (Å²) in [4.78, 5) is 20.3. The molecule has 0 saturated carbocycles. The first kappa shape index (κ1) is 19.1. The van der Waals surface area contributed by atoms with Crippen molar-refractivity contribution in [2.24, 2.45) is 10.7 Å². The first-order valence-electron chi connectivity index (χ1n) is 8.92. The van der Waals surface area contributed by atoms with E-state index in [-0.39, 0.29) is 6.09 Å². The maximum atomic E-state index is 12.1. The lowest BCUT2D eigenvalue weighted by Crippen LogP contribution is -2.53. The van der Waals surface area contributed by atoms with Crippen LogP contribution in [0.1, 0.15) is 32.8 Å². The number of amides is 1. The summed E-state index contributed by atoms with van der Waals surface area (Å²) in [7, 11) is 0. The first-order valence-corrected chi connectivity index (χ1v) is 8.92. The number of nitrogens with zero attached hydrogens (tertiary/aromatic N) is 3. The molecule has 2 N–H and O–H groups in total. The Morgan fingerprint density at radius 2 is 1.72 bits per heavy atom. The van der Waals surface area contributed by atoms with Crippen LogP contribution < -0.4 is 5.73 Å². The Morgan fingerprint density at radius 3 is 2.32 bits per heavy atom. The smallest absolute Gasteiger partial charge is 0.410 e. The van der Waals surface area contributed by atoms with Crippen LogP contribution in [-0.4, -0.2) is 60.2 Å². The average Bonchev–Trinajstić information content (AvgIpc) is 2.58. The molecule has 2 rings (SSSR count). The average molecular weight is 346 g/mol. The van der Waals surface area contributed by atoms with Crippen molar-refractivity contribution in [1.29, 1.82) is 0 Å². The Bertz CT molecular complexity index is 573. The van der Waals surface area contributed by atoms with Crippen LogP contribution in [0.3, 0.4) is 0 Å². The summed E-state index contributed by atoms with van der Waals surface area (Å²) in [6.07, 6.45) is 1.72. The molecule has 0 atom stereocenters. The van der Waals surface area contributed by atoms with Crippen LogP contribution in [0.15, 0.2) is 35.3 Å². The van der Waals surface area contributed by atoms with Gasteiger partial charge in [0.2, 0.25) is 0 Å². The van der Waals surface area contributed by atoms with Crippen LogP contribution in [-0.2, 0) is 11.2 Å². The Hall–Kier alpha value is -2.24. The van der Waals surface area contributed by atoms with Crippen LogP contribution in [0.25, 0.3) is 0 Å². The SMILES string of the molecule is CC(C)(C)OC(=O)N1CCN(C(N)=NCCCc2ccccc2)CC1. The van der Waals surface area contributed by atoms with Crippen molar-refractivity contribution in [3.05, 3.63) is 35.9 Å². The highest BCUT2D eigenvalue weighted by molar-refractivity contribution is 5.78. The zero-order chi connectivity index (χ0) is 18.3. The second-order valence-electron chi connectivity index (χ2n) is 7.28. The lowest BCUT2D eigenvalue weighted by Gasteiger charge is -2.36. The number of aliphatic imine (C=N–C) groups is 1. The molecule has 1 aromatic rings. The molecule has 0 aromatic heterocycles. The van der Waals surface area contributed by atoms with Crippen molar-refractivity contribution < 1.29 is 9.53 Å². The van der Waals surface area contributed by atoms with E-state index < -0.39 is 5.60 Å². The van der Waals surface area contributed by atoms with Gasteiger partial charge < -0.3 is 20.3 Å². The van der Waals surface area contributed by atoms with E-state index in [1.54, 1.807) is 4.90 Å². The van der Waals surface area contributed by atoms with Crippen LogP contribution in [0.4, 0.5) is 4.79 Å². The number of guanidine groups is 1. The molecule has 25 heavy (non-hydrogen) atoms. The second kappa shape index (κ2) is 8.74. The molecule has 0 spiro atoms. The molecular formula is C19H30N4O2. The number of ether oxygens (including phenoxy) is 1. The fraction of sp³-hybridized carbons (Fsp3) is 0.579. The Kier molecular flexibility index (Phi) is 6.67. The van der Waals surface area contributed by atoms with Crippen LogP contribution in [0.2, 0.25) is 0 Å². The fourth-order valence-corrected chi connectivity index (χ4v) is 2.67. The molecule has 6 heteroatoms. The van der Waals surface area contributed by atoms with Gasteiger partial charge in [-0.2, -0.15) is 0 Å². The number of hydrogen-bond donors (Lipinski definition) is 1. The molecule has 1 heterocycles. The highest BCUT2D eigenvalue weighted by Crippen LogP contribution is 2.12. The van der Waals surface area contributed by atoms with Gasteiger partial charge in [-0.1, -0.05) is 30.3 Å². The summed E-state index contributed by atoms with van der Waals surface area (Å²) in [6.45, 7) is 8.93. The molecule has 0 unspecified atom stereocenters. The summed E-state index contributed by atoms with van der Waals surface area (Å²) >= 11 is 0. The normalized spacial score (nSPS) is 16.0. The number of piperazine rings is 1. The zero-order valence-corrected chi connectivity index (χ0v) is 15.6. The van der Waals surface area contributed by atoms with Crippen molar-refractivity contribution in [3.63, 3.8) is 0 Å². The quantitative estimate of drug-likeness (QED) is 0.516. The van der Waals surface area contributed by atoms with E-state index in [1.165, 1.54) is 5.56 Å². The topological polar surface area (TPSA) is 71.2 Å². The van der Waals surface area contributed by atoms with Gasteiger partial charge in [0.25, 0.3) is 0 Å².